The fourth-order valence-corrected chi connectivity index (χ4v) is 2.99. The van der Waals surface area contributed by atoms with E-state index >= 15 is 0 Å². The van der Waals surface area contributed by atoms with Gasteiger partial charge in [-0.1, -0.05) is 25.4 Å². The monoisotopic (exact) mass is 428 g/mol. The molecule has 2 rings (SSSR count). The van der Waals surface area contributed by atoms with Crippen molar-refractivity contribution in [3.8, 4) is 0 Å². The summed E-state index contributed by atoms with van der Waals surface area (Å²) >= 11 is 8.13. The summed E-state index contributed by atoms with van der Waals surface area (Å²) in [7, 11) is 0. The molecule has 6 heteroatoms. The average molecular weight is 429 g/mol. The minimum Gasteiger partial charge on any atom is -0.338 e. The van der Waals surface area contributed by atoms with Crippen LogP contribution in [0.2, 0.25) is 5.02 Å². The number of rotatable bonds is 1. The third-order valence-electron chi connectivity index (χ3n) is 3.77. The molecule has 2 N–H and O–H groups in total. The van der Waals surface area contributed by atoms with Gasteiger partial charge in [-0.25, -0.2) is 0 Å². The Kier molecular flexibility index (Phi) is 6.14. The van der Waals surface area contributed by atoms with Gasteiger partial charge >= 0.3 is 0 Å². The van der Waals surface area contributed by atoms with Gasteiger partial charge in [-0.05, 0) is 52.6 Å². The number of hydrogen-bond acceptors (Lipinski definition) is 2. The van der Waals surface area contributed by atoms with Crippen molar-refractivity contribution in [2.24, 2.45) is 11.1 Å². The number of benzene rings is 1. The van der Waals surface area contributed by atoms with E-state index in [0.717, 1.165) is 16.5 Å². The van der Waals surface area contributed by atoms with Crippen molar-refractivity contribution in [3.05, 3.63) is 32.4 Å². The maximum atomic E-state index is 12.5. The third kappa shape index (κ3) is 3.78. The van der Waals surface area contributed by atoms with E-state index in [1.807, 2.05) is 11.0 Å². The van der Waals surface area contributed by atoms with Crippen LogP contribution in [-0.4, -0.2) is 29.9 Å². The number of likely N-dealkylation sites (tertiary alicyclic amines) is 1. The number of amides is 1. The van der Waals surface area contributed by atoms with Crippen molar-refractivity contribution < 1.29 is 4.79 Å². The van der Waals surface area contributed by atoms with E-state index in [2.05, 4.69) is 36.4 Å². The van der Waals surface area contributed by atoms with E-state index in [0.29, 0.717) is 17.1 Å². The first kappa shape index (κ1) is 18.0. The van der Waals surface area contributed by atoms with Crippen molar-refractivity contribution >= 4 is 52.5 Å². The van der Waals surface area contributed by atoms with Gasteiger partial charge in [0, 0.05) is 28.3 Å². The molecule has 1 heterocycles. The highest BCUT2D eigenvalue weighted by Crippen LogP contribution is 2.29. The third-order valence-corrected chi connectivity index (χ3v) is 5.31. The molecule has 0 spiro atoms. The molecular formula is C14H19Cl2IN2O. The Morgan fingerprint density at radius 2 is 2.15 bits per heavy atom. The first-order valence-electron chi connectivity index (χ1n) is 6.31. The molecule has 1 saturated heterocycles. The zero-order valence-corrected chi connectivity index (χ0v) is 15.3. The number of nitrogens with zero attached hydrogens (tertiary/aromatic N) is 1. The number of nitrogens with two attached hydrogens (primary N) is 1. The van der Waals surface area contributed by atoms with Gasteiger partial charge in [-0.15, -0.1) is 12.4 Å². The van der Waals surface area contributed by atoms with Crippen molar-refractivity contribution in [2.75, 3.05) is 13.1 Å². The molecule has 0 saturated carbocycles. The lowest BCUT2D eigenvalue weighted by Crippen LogP contribution is -2.54. The zero-order chi connectivity index (χ0) is 14.2. The zero-order valence-electron chi connectivity index (χ0n) is 11.5. The highest BCUT2D eigenvalue weighted by atomic mass is 127. The lowest BCUT2D eigenvalue weighted by Gasteiger charge is -2.42. The molecule has 1 aliphatic heterocycles. The molecule has 0 aliphatic carbocycles. The average Bonchev–Trinajstić information content (AvgIpc) is 2.35. The summed E-state index contributed by atoms with van der Waals surface area (Å²) in [5, 5.41) is 0.679. The summed E-state index contributed by atoms with van der Waals surface area (Å²) in [6.07, 6.45) is 0.851. The van der Waals surface area contributed by atoms with Crippen molar-refractivity contribution in [1.29, 1.82) is 0 Å². The van der Waals surface area contributed by atoms with Crippen LogP contribution in [0.3, 0.4) is 0 Å². The van der Waals surface area contributed by atoms with Gasteiger partial charge in [0.1, 0.15) is 0 Å². The largest absolute Gasteiger partial charge is 0.338 e. The number of carbonyl (C=O) groups is 1. The lowest BCUT2D eigenvalue weighted by molar-refractivity contribution is 0.0533. The molecule has 0 aromatic heterocycles. The first-order chi connectivity index (χ1) is 8.81. The van der Waals surface area contributed by atoms with Gasteiger partial charge in [0.15, 0.2) is 0 Å². The highest BCUT2D eigenvalue weighted by Gasteiger charge is 2.35. The van der Waals surface area contributed by atoms with E-state index < -0.39 is 0 Å². The van der Waals surface area contributed by atoms with Crippen LogP contribution < -0.4 is 5.73 Å². The number of hydrogen-bond donors (Lipinski definition) is 1. The summed E-state index contributed by atoms with van der Waals surface area (Å²) in [4.78, 5) is 14.4. The molecule has 3 nitrogen and oxygen atoms in total. The van der Waals surface area contributed by atoms with Gasteiger partial charge in [-0.2, -0.15) is 0 Å². The fraction of sp³-hybridized carbons (Fsp3) is 0.500. The van der Waals surface area contributed by atoms with Crippen molar-refractivity contribution in [3.63, 3.8) is 0 Å². The Bertz CT molecular complexity index is 508. The summed E-state index contributed by atoms with van der Waals surface area (Å²) in [6, 6.07) is 5.56. The Morgan fingerprint density at radius 3 is 2.70 bits per heavy atom. The Hall–Kier alpha value is -0.0400. The van der Waals surface area contributed by atoms with Crippen molar-refractivity contribution in [2.45, 2.75) is 26.3 Å². The predicted octanol–water partition coefficient (Wildman–Crippen LogP) is 3.57. The second-order valence-corrected chi connectivity index (χ2v) is 7.31. The fourth-order valence-electron chi connectivity index (χ4n) is 2.36. The molecule has 20 heavy (non-hydrogen) atoms. The second-order valence-electron chi connectivity index (χ2n) is 5.74. The topological polar surface area (TPSA) is 46.3 Å². The Balaban J connectivity index is 0.00000200. The summed E-state index contributed by atoms with van der Waals surface area (Å²) in [6.45, 7) is 5.65. The Morgan fingerprint density at radius 1 is 1.50 bits per heavy atom. The van der Waals surface area contributed by atoms with Crippen molar-refractivity contribution in [1.82, 2.24) is 4.90 Å². The van der Waals surface area contributed by atoms with E-state index in [1.165, 1.54) is 0 Å². The molecule has 0 radical (unpaired) electrons. The first-order valence-corrected chi connectivity index (χ1v) is 7.77. The molecule has 1 atom stereocenters. The van der Waals surface area contributed by atoms with Crippen LogP contribution in [0.1, 0.15) is 30.6 Å². The Labute approximate surface area is 144 Å². The van der Waals surface area contributed by atoms with Gasteiger partial charge in [0.2, 0.25) is 0 Å². The van der Waals surface area contributed by atoms with Crippen LogP contribution in [0.5, 0.6) is 0 Å². The minimum atomic E-state index is -0.0342. The van der Waals surface area contributed by atoms with Gasteiger partial charge in [0.05, 0.1) is 5.02 Å². The normalized spacial score (nSPS) is 21.2. The highest BCUT2D eigenvalue weighted by molar-refractivity contribution is 14.1. The van der Waals surface area contributed by atoms with Crippen LogP contribution in [0, 0.1) is 8.99 Å². The van der Waals surface area contributed by atoms with Crippen LogP contribution in [0.25, 0.3) is 0 Å². The summed E-state index contributed by atoms with van der Waals surface area (Å²) < 4.78 is 0.901. The maximum absolute atomic E-state index is 12.5. The van der Waals surface area contributed by atoms with Crippen LogP contribution in [0.4, 0.5) is 0 Å². The van der Waals surface area contributed by atoms with Gasteiger partial charge in [-0.3, -0.25) is 4.79 Å². The number of piperidine rings is 1. The molecule has 112 valence electrons. The molecule has 1 aliphatic rings. The van der Waals surface area contributed by atoms with Crippen LogP contribution in [-0.2, 0) is 0 Å². The quantitative estimate of drug-likeness (QED) is 0.695. The van der Waals surface area contributed by atoms with E-state index in [-0.39, 0.29) is 29.8 Å². The smallest absolute Gasteiger partial charge is 0.253 e. The van der Waals surface area contributed by atoms with E-state index in [1.54, 1.807) is 12.1 Å². The molecule has 0 bridgehead atoms. The van der Waals surface area contributed by atoms with Gasteiger partial charge in [0.25, 0.3) is 5.91 Å². The van der Waals surface area contributed by atoms with E-state index in [9.17, 15) is 4.79 Å². The molecule has 1 amide bonds. The summed E-state index contributed by atoms with van der Waals surface area (Å²) in [5.41, 5.74) is 6.76. The SMILES string of the molecule is CC1(C)CN(C(=O)c2ccc(Cl)c(I)c2)CCC1N.Cl. The molecular weight excluding hydrogens is 410 g/mol. The predicted molar refractivity (Wildman–Crippen MR) is 93.7 cm³/mol. The lowest BCUT2D eigenvalue weighted by atomic mass is 9.79. The van der Waals surface area contributed by atoms with E-state index in [4.69, 9.17) is 17.3 Å². The molecule has 1 unspecified atom stereocenters. The van der Waals surface area contributed by atoms with Crippen LogP contribution >= 0.6 is 46.6 Å². The standard InChI is InChI=1S/C14H18ClIN2O.ClH/c1-14(2)8-18(6-5-12(14)17)13(19)9-3-4-10(15)11(16)7-9;/h3-4,7,12H,5-6,8,17H2,1-2H3;1H. The maximum Gasteiger partial charge on any atom is 0.253 e. The molecule has 1 fully saturated rings. The van der Waals surface area contributed by atoms with Gasteiger partial charge < -0.3 is 10.6 Å². The summed E-state index contributed by atoms with van der Waals surface area (Å²) in [5.74, 6) is 0.0644. The number of halogens is 3. The van der Waals surface area contributed by atoms with Crippen LogP contribution in [0.15, 0.2) is 18.2 Å². The molecule has 1 aromatic rings. The molecule has 1 aromatic carbocycles. The number of carbonyl (C=O) groups excluding carboxylic acids is 1. The second kappa shape index (κ2) is 6.81. The minimum absolute atomic E-state index is 0.